The van der Waals surface area contributed by atoms with E-state index < -0.39 is 11.7 Å². The summed E-state index contributed by atoms with van der Waals surface area (Å²) in [6, 6.07) is 5.26. The molecule has 1 atom stereocenters. The highest BCUT2D eigenvalue weighted by molar-refractivity contribution is 5.46. The summed E-state index contributed by atoms with van der Waals surface area (Å²) in [4.78, 5) is 0. The van der Waals surface area contributed by atoms with E-state index in [0.29, 0.717) is 18.9 Å². The number of ether oxygens (including phenoxy) is 1. The Morgan fingerprint density at radius 1 is 1.19 bits per heavy atom. The first kappa shape index (κ1) is 11.3. The molecule has 1 heterocycles. The smallest absolute Gasteiger partial charge is 0.380 e. The topological polar surface area (TPSA) is 21.3 Å². The molecule has 1 aromatic rings. The molecular weight excluding hydrogens is 219 g/mol. The lowest BCUT2D eigenvalue weighted by Crippen LogP contribution is -2.18. The van der Waals surface area contributed by atoms with Gasteiger partial charge in [-0.25, -0.2) is 0 Å². The zero-order valence-corrected chi connectivity index (χ0v) is 8.55. The maximum atomic E-state index is 12.3. The molecule has 1 N–H and O–H groups in total. The summed E-state index contributed by atoms with van der Waals surface area (Å²) in [7, 11) is 0. The minimum atomic E-state index is -4.27. The van der Waals surface area contributed by atoms with Crippen LogP contribution in [0, 0.1) is 0 Å². The van der Waals surface area contributed by atoms with Gasteiger partial charge in [0.15, 0.2) is 0 Å². The summed E-state index contributed by atoms with van der Waals surface area (Å²) < 4.78 is 42.0. The quantitative estimate of drug-likeness (QED) is 0.845. The van der Waals surface area contributed by atoms with E-state index in [-0.39, 0.29) is 6.04 Å². The Bertz CT molecular complexity index is 341. The largest absolute Gasteiger partial charge is 0.416 e. The van der Waals surface area contributed by atoms with Crippen molar-refractivity contribution in [2.45, 2.75) is 18.6 Å². The van der Waals surface area contributed by atoms with Crippen LogP contribution in [0.5, 0.6) is 0 Å². The Balaban J connectivity index is 2.01. The van der Waals surface area contributed by atoms with Crippen LogP contribution in [-0.2, 0) is 10.9 Å². The van der Waals surface area contributed by atoms with Crippen molar-refractivity contribution >= 4 is 5.69 Å². The third kappa shape index (κ3) is 2.66. The highest BCUT2D eigenvalue weighted by Gasteiger charge is 2.30. The van der Waals surface area contributed by atoms with Crippen molar-refractivity contribution in [1.82, 2.24) is 0 Å². The van der Waals surface area contributed by atoms with Crippen molar-refractivity contribution in [1.29, 1.82) is 0 Å². The first-order valence-corrected chi connectivity index (χ1v) is 5.07. The van der Waals surface area contributed by atoms with E-state index in [0.717, 1.165) is 18.6 Å². The monoisotopic (exact) mass is 231 g/mol. The fourth-order valence-corrected chi connectivity index (χ4v) is 1.64. The molecule has 2 nitrogen and oxygen atoms in total. The highest BCUT2D eigenvalue weighted by atomic mass is 19.4. The first-order valence-electron chi connectivity index (χ1n) is 5.07. The van der Waals surface area contributed by atoms with Gasteiger partial charge in [0.25, 0.3) is 0 Å². The van der Waals surface area contributed by atoms with Crippen molar-refractivity contribution in [2.75, 3.05) is 18.5 Å². The van der Waals surface area contributed by atoms with Crippen LogP contribution in [0.1, 0.15) is 12.0 Å². The predicted molar refractivity (Wildman–Crippen MR) is 54.3 cm³/mol. The van der Waals surface area contributed by atoms with Gasteiger partial charge in [-0.15, -0.1) is 0 Å². The predicted octanol–water partition coefficient (Wildman–Crippen LogP) is 2.91. The summed E-state index contributed by atoms with van der Waals surface area (Å²) >= 11 is 0. The van der Waals surface area contributed by atoms with E-state index in [1.807, 2.05) is 0 Å². The lowest BCUT2D eigenvalue weighted by Gasteiger charge is -2.13. The Hall–Kier alpha value is -1.23. The molecule has 5 heteroatoms. The van der Waals surface area contributed by atoms with Gasteiger partial charge in [-0.3, -0.25) is 0 Å². The van der Waals surface area contributed by atoms with Crippen LogP contribution >= 0.6 is 0 Å². The maximum absolute atomic E-state index is 12.3. The highest BCUT2D eigenvalue weighted by Crippen LogP contribution is 2.30. The molecule has 16 heavy (non-hydrogen) atoms. The molecule has 0 amide bonds. The first-order chi connectivity index (χ1) is 7.55. The van der Waals surface area contributed by atoms with Gasteiger partial charge in [0, 0.05) is 12.3 Å². The van der Waals surface area contributed by atoms with Crippen molar-refractivity contribution in [2.24, 2.45) is 0 Å². The summed E-state index contributed by atoms with van der Waals surface area (Å²) in [5, 5.41) is 3.13. The number of hydrogen-bond acceptors (Lipinski definition) is 2. The molecule has 1 aliphatic heterocycles. The SMILES string of the molecule is FC(F)(F)c1ccc(NC2CCOC2)cc1. The minimum absolute atomic E-state index is 0.205. The molecule has 1 saturated heterocycles. The second-order valence-corrected chi connectivity index (χ2v) is 3.78. The van der Waals surface area contributed by atoms with Gasteiger partial charge < -0.3 is 10.1 Å². The lowest BCUT2D eigenvalue weighted by atomic mass is 10.2. The Morgan fingerprint density at radius 2 is 1.88 bits per heavy atom. The Labute approximate surface area is 91.4 Å². The number of halogens is 3. The number of nitrogens with one attached hydrogen (secondary N) is 1. The summed E-state index contributed by atoms with van der Waals surface area (Å²) in [5.41, 5.74) is 0.0734. The van der Waals surface area contributed by atoms with Crippen LogP contribution in [0.3, 0.4) is 0 Å². The standard InChI is InChI=1S/C11H12F3NO/c12-11(13,14)8-1-3-9(4-2-8)15-10-5-6-16-7-10/h1-4,10,15H,5-7H2. The molecule has 0 spiro atoms. The van der Waals surface area contributed by atoms with Crippen LogP contribution in [0.4, 0.5) is 18.9 Å². The number of alkyl halides is 3. The van der Waals surface area contributed by atoms with Crippen LogP contribution in [-0.4, -0.2) is 19.3 Å². The van der Waals surface area contributed by atoms with E-state index in [1.165, 1.54) is 12.1 Å². The van der Waals surface area contributed by atoms with E-state index in [4.69, 9.17) is 4.74 Å². The second-order valence-electron chi connectivity index (χ2n) is 3.78. The third-order valence-corrected chi connectivity index (χ3v) is 2.51. The van der Waals surface area contributed by atoms with E-state index in [1.54, 1.807) is 0 Å². The van der Waals surface area contributed by atoms with E-state index in [2.05, 4.69) is 5.32 Å². The zero-order valence-electron chi connectivity index (χ0n) is 8.55. The minimum Gasteiger partial charge on any atom is -0.380 e. The molecule has 0 aromatic heterocycles. The summed E-state index contributed by atoms with van der Waals surface area (Å²) in [6.07, 6.45) is -3.38. The van der Waals surface area contributed by atoms with Gasteiger partial charge in [0.1, 0.15) is 0 Å². The van der Waals surface area contributed by atoms with Crippen LogP contribution < -0.4 is 5.32 Å². The lowest BCUT2D eigenvalue weighted by molar-refractivity contribution is -0.137. The number of anilines is 1. The molecule has 0 radical (unpaired) electrons. The number of benzene rings is 1. The molecule has 88 valence electrons. The van der Waals surface area contributed by atoms with E-state index >= 15 is 0 Å². The second kappa shape index (κ2) is 4.33. The van der Waals surface area contributed by atoms with Crippen molar-refractivity contribution < 1.29 is 17.9 Å². The number of rotatable bonds is 2. The van der Waals surface area contributed by atoms with Crippen LogP contribution in [0.2, 0.25) is 0 Å². The van der Waals surface area contributed by atoms with Gasteiger partial charge in [-0.1, -0.05) is 0 Å². The van der Waals surface area contributed by atoms with Gasteiger partial charge in [0.2, 0.25) is 0 Å². The van der Waals surface area contributed by atoms with Gasteiger partial charge in [-0.2, -0.15) is 13.2 Å². The average molecular weight is 231 g/mol. The zero-order chi connectivity index (χ0) is 11.6. The molecule has 0 aliphatic carbocycles. The molecule has 1 aliphatic rings. The maximum Gasteiger partial charge on any atom is 0.416 e. The van der Waals surface area contributed by atoms with Gasteiger partial charge in [0.05, 0.1) is 18.2 Å². The van der Waals surface area contributed by atoms with Crippen molar-refractivity contribution in [3.8, 4) is 0 Å². The van der Waals surface area contributed by atoms with Crippen LogP contribution in [0.25, 0.3) is 0 Å². The molecule has 1 fully saturated rings. The molecular formula is C11H12F3NO. The third-order valence-electron chi connectivity index (χ3n) is 2.51. The molecule has 0 saturated carbocycles. The van der Waals surface area contributed by atoms with E-state index in [9.17, 15) is 13.2 Å². The normalized spacial score (nSPS) is 21.1. The molecule has 1 unspecified atom stereocenters. The van der Waals surface area contributed by atoms with Crippen molar-refractivity contribution in [3.63, 3.8) is 0 Å². The fraction of sp³-hybridized carbons (Fsp3) is 0.455. The average Bonchev–Trinajstić information content (AvgIpc) is 2.70. The summed E-state index contributed by atoms with van der Waals surface area (Å²) in [6.45, 7) is 1.32. The molecule has 2 rings (SSSR count). The van der Waals surface area contributed by atoms with Gasteiger partial charge in [-0.05, 0) is 30.7 Å². The summed E-state index contributed by atoms with van der Waals surface area (Å²) in [5.74, 6) is 0. The fourth-order valence-electron chi connectivity index (χ4n) is 1.64. The Kier molecular flexibility index (Phi) is 3.05. The number of hydrogen-bond donors (Lipinski definition) is 1. The van der Waals surface area contributed by atoms with Crippen molar-refractivity contribution in [3.05, 3.63) is 29.8 Å². The van der Waals surface area contributed by atoms with Crippen LogP contribution in [0.15, 0.2) is 24.3 Å². The Morgan fingerprint density at radius 3 is 2.38 bits per heavy atom. The molecule has 1 aromatic carbocycles. The van der Waals surface area contributed by atoms with Gasteiger partial charge >= 0.3 is 6.18 Å². The molecule has 0 bridgehead atoms.